The fourth-order valence-corrected chi connectivity index (χ4v) is 1.38. The van der Waals surface area contributed by atoms with Crippen molar-refractivity contribution in [3.8, 4) is 0 Å². The monoisotopic (exact) mass is 182 g/mol. The van der Waals surface area contributed by atoms with Gasteiger partial charge in [-0.1, -0.05) is 60.7 Å². The van der Waals surface area contributed by atoms with Crippen LogP contribution in [0.2, 0.25) is 0 Å². The van der Waals surface area contributed by atoms with Gasteiger partial charge in [0.25, 0.3) is 0 Å². The summed E-state index contributed by atoms with van der Waals surface area (Å²) < 4.78 is 0. The van der Waals surface area contributed by atoms with Crippen LogP contribution in [0.1, 0.15) is 11.1 Å². The first kappa shape index (κ1) is 8.70. The van der Waals surface area contributed by atoms with Gasteiger partial charge in [0.05, 0.1) is 5.71 Å². The van der Waals surface area contributed by atoms with Crippen LogP contribution in [0.3, 0.4) is 0 Å². The molecule has 1 nitrogen and oxygen atoms in total. The lowest BCUT2D eigenvalue weighted by Crippen LogP contribution is -1.99. The maximum Gasteiger partial charge on any atom is 0.0684 e. The number of nitrogens with one attached hydrogen (secondary N) is 1. The zero-order valence-corrected chi connectivity index (χ0v) is 7.77. The third kappa shape index (κ3) is 1.72. The molecular weight excluding hydrogens is 171 g/mol. The summed E-state index contributed by atoms with van der Waals surface area (Å²) in [7, 11) is 0. The molecule has 2 aromatic carbocycles. The largest absolute Gasteiger partial charge is 0.300 e. The Bertz CT molecular complexity index is 376. The normalized spacial score (nSPS) is 9.71. The van der Waals surface area contributed by atoms with Crippen LogP contribution in [-0.4, -0.2) is 5.71 Å². The highest BCUT2D eigenvalue weighted by Gasteiger charge is 2.01. The van der Waals surface area contributed by atoms with Crippen molar-refractivity contribution in [3.63, 3.8) is 0 Å². The van der Waals surface area contributed by atoms with Gasteiger partial charge in [0.2, 0.25) is 0 Å². The Hall–Kier alpha value is -1.89. The molecule has 0 saturated heterocycles. The van der Waals surface area contributed by atoms with Crippen molar-refractivity contribution in [2.45, 2.75) is 0 Å². The van der Waals surface area contributed by atoms with Crippen molar-refractivity contribution in [2.24, 2.45) is 0 Å². The van der Waals surface area contributed by atoms with Gasteiger partial charge in [-0.2, -0.15) is 0 Å². The van der Waals surface area contributed by atoms with Crippen molar-refractivity contribution in [1.82, 2.24) is 0 Å². The van der Waals surface area contributed by atoms with Crippen LogP contribution in [0.5, 0.6) is 0 Å². The second-order valence-corrected chi connectivity index (χ2v) is 3.11. The lowest BCUT2D eigenvalue weighted by Gasteiger charge is -2.02. The van der Waals surface area contributed by atoms with Crippen LogP contribution in [0.25, 0.3) is 0 Å². The minimum absolute atomic E-state index is 0.575. The zero-order chi connectivity index (χ0) is 9.80. The lowest BCUT2D eigenvalue weighted by atomic mass is 10.0. The van der Waals surface area contributed by atoms with Crippen molar-refractivity contribution in [2.75, 3.05) is 0 Å². The molecule has 2 aromatic rings. The van der Waals surface area contributed by atoms with E-state index in [9.17, 15) is 0 Å². The molecule has 0 aromatic heterocycles. The molecule has 0 aliphatic heterocycles. The summed E-state index contributed by atoms with van der Waals surface area (Å²) in [6.45, 7) is 0. The van der Waals surface area contributed by atoms with Crippen LogP contribution in [-0.2, 0) is 0 Å². The lowest BCUT2D eigenvalue weighted by molar-refractivity contribution is 1.46. The molecule has 68 valence electrons. The number of hydrogen-bond acceptors (Lipinski definition) is 1. The third-order valence-electron chi connectivity index (χ3n) is 2.12. The van der Waals surface area contributed by atoms with E-state index in [4.69, 9.17) is 5.41 Å². The smallest absolute Gasteiger partial charge is 0.0684 e. The predicted molar refractivity (Wildman–Crippen MR) is 58.8 cm³/mol. The Kier molecular flexibility index (Phi) is 2.41. The number of rotatable bonds is 2. The fourth-order valence-electron chi connectivity index (χ4n) is 1.38. The summed E-state index contributed by atoms with van der Waals surface area (Å²) in [4.78, 5) is 0. The van der Waals surface area contributed by atoms with Crippen LogP contribution >= 0.6 is 0 Å². The minimum Gasteiger partial charge on any atom is -0.300 e. The van der Waals surface area contributed by atoms with E-state index < -0.39 is 0 Å². The van der Waals surface area contributed by atoms with Crippen molar-refractivity contribution >= 4 is 5.71 Å². The van der Waals surface area contributed by atoms with E-state index in [1.807, 2.05) is 60.7 Å². The molecule has 0 radical (unpaired) electrons. The average molecular weight is 182 g/mol. The van der Waals surface area contributed by atoms with E-state index in [-0.39, 0.29) is 0 Å². The van der Waals surface area contributed by atoms with E-state index in [2.05, 4.69) is 0 Å². The summed E-state index contributed by atoms with van der Waals surface area (Å²) in [5.74, 6) is 0. The molecule has 0 spiro atoms. The molecule has 0 heterocycles. The average Bonchev–Trinajstić information content (AvgIpc) is 2.30. The molecule has 0 amide bonds. The molecule has 14 heavy (non-hydrogen) atoms. The standard InChI is InChI=1S/C13H11N/c14-13(11-7-3-1-4-8-11)12-9-5-2-6-10-12/h1-10,14H/i14+1. The van der Waals surface area contributed by atoms with E-state index in [0.29, 0.717) is 5.71 Å². The van der Waals surface area contributed by atoms with Gasteiger partial charge >= 0.3 is 0 Å². The minimum atomic E-state index is 0.575. The molecular formula is C13H11N. The third-order valence-corrected chi connectivity index (χ3v) is 2.12. The van der Waals surface area contributed by atoms with Crippen LogP contribution in [0, 0.1) is 5.41 Å². The van der Waals surface area contributed by atoms with Gasteiger partial charge in [0, 0.05) is 0 Å². The van der Waals surface area contributed by atoms with Gasteiger partial charge in [0.1, 0.15) is 0 Å². The SMILES string of the molecule is [15NH]=C(c1ccccc1)c1ccccc1. The molecule has 1 N–H and O–H groups in total. The van der Waals surface area contributed by atoms with Crippen molar-refractivity contribution in [3.05, 3.63) is 71.8 Å². The first-order valence-corrected chi connectivity index (χ1v) is 4.57. The highest BCUT2D eigenvalue weighted by molar-refractivity contribution is 6.10. The van der Waals surface area contributed by atoms with Crippen LogP contribution in [0.15, 0.2) is 60.7 Å². The Morgan fingerprint density at radius 1 is 0.643 bits per heavy atom. The molecule has 0 bridgehead atoms. The van der Waals surface area contributed by atoms with E-state index in [1.54, 1.807) is 0 Å². The molecule has 0 saturated carbocycles. The Morgan fingerprint density at radius 2 is 1.00 bits per heavy atom. The number of hydrogen-bond donors (Lipinski definition) is 1. The van der Waals surface area contributed by atoms with Crippen LogP contribution < -0.4 is 0 Å². The van der Waals surface area contributed by atoms with Gasteiger partial charge in [-0.15, -0.1) is 0 Å². The van der Waals surface area contributed by atoms with Crippen LogP contribution in [0.4, 0.5) is 0 Å². The van der Waals surface area contributed by atoms with Crippen molar-refractivity contribution < 1.29 is 0 Å². The molecule has 2 rings (SSSR count). The maximum atomic E-state index is 7.97. The second-order valence-electron chi connectivity index (χ2n) is 3.11. The number of benzene rings is 2. The topological polar surface area (TPSA) is 23.9 Å². The van der Waals surface area contributed by atoms with Gasteiger partial charge in [-0.05, 0) is 11.1 Å². The Labute approximate surface area is 83.5 Å². The van der Waals surface area contributed by atoms with Gasteiger partial charge < -0.3 is 0 Å². The summed E-state index contributed by atoms with van der Waals surface area (Å²) in [6, 6.07) is 19.5. The first-order chi connectivity index (χ1) is 6.88. The molecule has 1 heteroatoms. The van der Waals surface area contributed by atoms with E-state index >= 15 is 0 Å². The molecule has 0 unspecified atom stereocenters. The van der Waals surface area contributed by atoms with Gasteiger partial charge in [-0.3, -0.25) is 5.41 Å². The summed E-state index contributed by atoms with van der Waals surface area (Å²) >= 11 is 0. The van der Waals surface area contributed by atoms with Gasteiger partial charge in [0.15, 0.2) is 0 Å². The molecule has 0 aliphatic carbocycles. The first-order valence-electron chi connectivity index (χ1n) is 4.57. The highest BCUT2D eigenvalue weighted by atomic mass is 15.2. The Morgan fingerprint density at radius 3 is 1.36 bits per heavy atom. The fraction of sp³-hybridized carbons (Fsp3) is 0. The predicted octanol–water partition coefficient (Wildman–Crippen LogP) is 3.10. The quantitative estimate of drug-likeness (QED) is 0.545. The zero-order valence-electron chi connectivity index (χ0n) is 7.77. The highest BCUT2D eigenvalue weighted by Crippen LogP contribution is 2.08. The maximum absolute atomic E-state index is 7.97. The summed E-state index contributed by atoms with van der Waals surface area (Å²) in [5.41, 5.74) is 2.49. The molecule has 0 fully saturated rings. The molecule has 0 atom stereocenters. The van der Waals surface area contributed by atoms with Crippen molar-refractivity contribution in [1.29, 1.82) is 5.41 Å². The molecule has 0 aliphatic rings. The van der Waals surface area contributed by atoms with Gasteiger partial charge in [-0.25, -0.2) is 0 Å². The summed E-state index contributed by atoms with van der Waals surface area (Å²) in [5, 5.41) is 7.97. The second kappa shape index (κ2) is 3.88. The summed E-state index contributed by atoms with van der Waals surface area (Å²) in [6.07, 6.45) is 0. The van der Waals surface area contributed by atoms with E-state index in [0.717, 1.165) is 11.1 Å². The van der Waals surface area contributed by atoms with E-state index in [1.165, 1.54) is 0 Å². The Balaban J connectivity index is 2.35.